The third-order valence-corrected chi connectivity index (χ3v) is 6.56. The maximum absolute atomic E-state index is 13.1. The summed E-state index contributed by atoms with van der Waals surface area (Å²) < 4.78 is 61.3. The van der Waals surface area contributed by atoms with Crippen LogP contribution in [-0.4, -0.2) is 31.3 Å². The van der Waals surface area contributed by atoms with Crippen molar-refractivity contribution in [2.75, 3.05) is 20.4 Å². The van der Waals surface area contributed by atoms with Crippen LogP contribution >= 0.6 is 0 Å². The molecule has 0 spiro atoms. The van der Waals surface area contributed by atoms with E-state index in [-0.39, 0.29) is 30.3 Å². The Kier molecular flexibility index (Phi) is 8.20. The molecule has 3 aromatic carbocycles. The summed E-state index contributed by atoms with van der Waals surface area (Å²) in [6.07, 6.45) is -1.24. The van der Waals surface area contributed by atoms with E-state index in [0.29, 0.717) is 45.4 Å². The second-order valence-corrected chi connectivity index (χ2v) is 9.31. The monoisotopic (exact) mass is 587 g/mol. The first-order chi connectivity index (χ1) is 20.7. The zero-order chi connectivity index (χ0) is 30.6. The minimum absolute atomic E-state index is 0.00784. The number of nitrogens with one attached hydrogen (secondary N) is 1. The van der Waals surface area contributed by atoms with Gasteiger partial charge < -0.3 is 24.3 Å². The number of aromatic nitrogens is 1. The fourth-order valence-corrected chi connectivity index (χ4v) is 4.45. The minimum Gasteiger partial charge on any atom is -0.497 e. The summed E-state index contributed by atoms with van der Waals surface area (Å²) in [6.45, 7) is 1.86. The molecule has 0 atom stereocenters. The van der Waals surface area contributed by atoms with Crippen LogP contribution in [0.1, 0.15) is 32.7 Å². The SMILES string of the molecule is COc1ccc(-c2c(C#N)c(Oc3ccc4c(c3)OCO4)nc(C)c2C=CCNC(=O)c2cccc(C(F)(F)F)c2)cc1. The van der Waals surface area contributed by atoms with Gasteiger partial charge in [0.25, 0.3) is 5.91 Å². The second kappa shape index (κ2) is 12.2. The van der Waals surface area contributed by atoms with Crippen LogP contribution in [0.3, 0.4) is 0 Å². The lowest BCUT2D eigenvalue weighted by atomic mass is 9.94. The summed E-state index contributed by atoms with van der Waals surface area (Å²) in [5.74, 6) is 1.53. The Bertz CT molecular complexity index is 1750. The lowest BCUT2D eigenvalue weighted by molar-refractivity contribution is -0.137. The zero-order valence-electron chi connectivity index (χ0n) is 23.0. The highest BCUT2D eigenvalue weighted by atomic mass is 19.4. The Hall–Kier alpha value is -5.50. The van der Waals surface area contributed by atoms with Gasteiger partial charge in [0.2, 0.25) is 12.7 Å². The van der Waals surface area contributed by atoms with Gasteiger partial charge in [0.05, 0.1) is 12.7 Å². The Balaban J connectivity index is 1.46. The molecular weight excluding hydrogens is 563 g/mol. The van der Waals surface area contributed by atoms with Crippen LogP contribution in [0.5, 0.6) is 28.9 Å². The third-order valence-electron chi connectivity index (χ3n) is 6.56. The molecule has 1 aliphatic rings. The van der Waals surface area contributed by atoms with Crippen LogP contribution < -0.4 is 24.3 Å². The number of alkyl halides is 3. The number of pyridine rings is 1. The number of rotatable bonds is 8. The first-order valence-electron chi connectivity index (χ1n) is 13.0. The van der Waals surface area contributed by atoms with Crippen LogP contribution in [0.25, 0.3) is 17.2 Å². The normalized spacial score (nSPS) is 12.2. The third kappa shape index (κ3) is 6.38. The molecule has 0 radical (unpaired) electrons. The molecule has 8 nitrogen and oxygen atoms in total. The van der Waals surface area contributed by atoms with Crippen molar-refractivity contribution in [3.63, 3.8) is 0 Å². The lowest BCUT2D eigenvalue weighted by Gasteiger charge is -2.16. The molecule has 0 saturated carbocycles. The van der Waals surface area contributed by atoms with Gasteiger partial charge in [-0.25, -0.2) is 4.98 Å². The molecule has 5 rings (SSSR count). The number of methoxy groups -OCH3 is 1. The summed E-state index contributed by atoms with van der Waals surface area (Å²) in [5.41, 5.74) is 1.49. The van der Waals surface area contributed by atoms with Gasteiger partial charge in [0.15, 0.2) is 11.5 Å². The molecule has 218 valence electrons. The maximum atomic E-state index is 13.1. The molecule has 4 aromatic rings. The van der Waals surface area contributed by atoms with Crippen molar-refractivity contribution in [1.29, 1.82) is 5.26 Å². The zero-order valence-corrected chi connectivity index (χ0v) is 23.0. The van der Waals surface area contributed by atoms with E-state index in [0.717, 1.165) is 12.1 Å². The van der Waals surface area contributed by atoms with E-state index in [1.807, 2.05) is 0 Å². The van der Waals surface area contributed by atoms with Gasteiger partial charge in [0.1, 0.15) is 23.1 Å². The van der Waals surface area contributed by atoms with E-state index in [1.54, 1.807) is 68.7 Å². The van der Waals surface area contributed by atoms with E-state index < -0.39 is 17.6 Å². The molecule has 2 heterocycles. The largest absolute Gasteiger partial charge is 0.497 e. The van der Waals surface area contributed by atoms with E-state index in [1.165, 1.54) is 12.1 Å². The van der Waals surface area contributed by atoms with Gasteiger partial charge in [-0.15, -0.1) is 0 Å². The highest BCUT2D eigenvalue weighted by Crippen LogP contribution is 2.40. The molecular formula is C32H24F3N3O5. The van der Waals surface area contributed by atoms with Crippen LogP contribution in [0, 0.1) is 18.3 Å². The van der Waals surface area contributed by atoms with Crippen molar-refractivity contribution in [2.45, 2.75) is 13.1 Å². The number of aryl methyl sites for hydroxylation is 1. The Labute approximate surface area is 244 Å². The second-order valence-electron chi connectivity index (χ2n) is 9.31. The van der Waals surface area contributed by atoms with E-state index >= 15 is 0 Å². The van der Waals surface area contributed by atoms with Gasteiger partial charge in [-0.3, -0.25) is 4.79 Å². The molecule has 0 bridgehead atoms. The van der Waals surface area contributed by atoms with Gasteiger partial charge in [-0.1, -0.05) is 30.4 Å². The number of nitrogens with zero attached hydrogens (tertiary/aromatic N) is 2. The Morgan fingerprint density at radius 2 is 1.81 bits per heavy atom. The Morgan fingerprint density at radius 3 is 2.53 bits per heavy atom. The number of ether oxygens (including phenoxy) is 4. The number of hydrogen-bond acceptors (Lipinski definition) is 7. The number of hydrogen-bond donors (Lipinski definition) is 1. The number of nitriles is 1. The molecule has 1 N–H and O–H groups in total. The topological polar surface area (TPSA) is 103 Å². The molecule has 0 aliphatic carbocycles. The van der Waals surface area contributed by atoms with Crippen molar-refractivity contribution in [3.8, 4) is 46.1 Å². The highest BCUT2D eigenvalue weighted by molar-refractivity contribution is 5.94. The molecule has 0 saturated heterocycles. The van der Waals surface area contributed by atoms with Crippen LogP contribution in [0.4, 0.5) is 13.2 Å². The first kappa shape index (κ1) is 29.0. The molecule has 43 heavy (non-hydrogen) atoms. The van der Waals surface area contributed by atoms with Crippen molar-refractivity contribution in [3.05, 3.63) is 101 Å². The van der Waals surface area contributed by atoms with Crippen LogP contribution in [-0.2, 0) is 6.18 Å². The van der Waals surface area contributed by atoms with E-state index in [9.17, 15) is 23.2 Å². The van der Waals surface area contributed by atoms with Crippen LogP contribution in [0.15, 0.2) is 72.8 Å². The van der Waals surface area contributed by atoms with Crippen LogP contribution in [0.2, 0.25) is 0 Å². The summed E-state index contributed by atoms with van der Waals surface area (Å²) in [7, 11) is 1.55. The molecule has 1 amide bonds. The smallest absolute Gasteiger partial charge is 0.416 e. The number of carbonyl (C=O) groups is 1. The number of fused-ring (bicyclic) bond motifs is 1. The van der Waals surface area contributed by atoms with Gasteiger partial charge in [-0.2, -0.15) is 18.4 Å². The van der Waals surface area contributed by atoms with E-state index in [4.69, 9.17) is 18.9 Å². The fraction of sp³-hybridized carbons (Fsp3) is 0.156. The first-order valence-corrected chi connectivity index (χ1v) is 13.0. The maximum Gasteiger partial charge on any atom is 0.416 e. The fourth-order valence-electron chi connectivity index (χ4n) is 4.45. The van der Waals surface area contributed by atoms with Gasteiger partial charge >= 0.3 is 6.18 Å². The molecule has 11 heteroatoms. The summed E-state index contributed by atoms with van der Waals surface area (Å²) in [5, 5.41) is 12.9. The minimum atomic E-state index is -4.56. The molecule has 0 fully saturated rings. The van der Waals surface area contributed by atoms with Gasteiger partial charge in [-0.05, 0) is 55.0 Å². The highest BCUT2D eigenvalue weighted by Gasteiger charge is 2.31. The average Bonchev–Trinajstić information content (AvgIpc) is 3.47. The Morgan fingerprint density at radius 1 is 1.07 bits per heavy atom. The molecule has 1 aromatic heterocycles. The summed E-state index contributed by atoms with van der Waals surface area (Å²) in [6, 6.07) is 18.5. The molecule has 1 aliphatic heterocycles. The molecule has 0 unspecified atom stereocenters. The van der Waals surface area contributed by atoms with Crippen molar-refractivity contribution in [2.24, 2.45) is 0 Å². The van der Waals surface area contributed by atoms with Gasteiger partial charge in [0, 0.05) is 35.0 Å². The van der Waals surface area contributed by atoms with Crippen molar-refractivity contribution >= 4 is 12.0 Å². The average molecular weight is 588 g/mol. The summed E-state index contributed by atoms with van der Waals surface area (Å²) in [4.78, 5) is 17.1. The number of carbonyl (C=O) groups excluding carboxylic acids is 1. The predicted octanol–water partition coefficient (Wildman–Crippen LogP) is 6.92. The van der Waals surface area contributed by atoms with Crippen molar-refractivity contribution in [1.82, 2.24) is 10.3 Å². The lowest BCUT2D eigenvalue weighted by Crippen LogP contribution is -2.23. The summed E-state index contributed by atoms with van der Waals surface area (Å²) >= 11 is 0. The standard InChI is InChI=1S/C32H24F3N3O5/c1-19-25(7-4-14-37-30(39)21-5-3-6-22(15-21)32(33,34)35)29(20-8-10-23(40-2)11-9-20)26(17-36)31(38-19)43-24-12-13-27-28(16-24)42-18-41-27/h3-13,15-16H,14,18H2,1-2H3,(H,37,39). The number of benzene rings is 3. The number of amides is 1. The van der Waals surface area contributed by atoms with Crippen molar-refractivity contribution < 1.29 is 36.9 Å². The quantitative estimate of drug-likeness (QED) is 0.239. The predicted molar refractivity (Wildman–Crippen MR) is 151 cm³/mol. The van der Waals surface area contributed by atoms with E-state index in [2.05, 4.69) is 16.4 Å². The number of halogens is 3.